The molecule has 3 heterocycles. The molecule has 0 radical (unpaired) electrons. The minimum absolute atomic E-state index is 0.149. The summed E-state index contributed by atoms with van der Waals surface area (Å²) in [6, 6.07) is 7.32. The van der Waals surface area contributed by atoms with Gasteiger partial charge in [0.1, 0.15) is 5.65 Å². The Morgan fingerprint density at radius 1 is 1.38 bits per heavy atom. The van der Waals surface area contributed by atoms with Gasteiger partial charge in [-0.05, 0) is 18.2 Å². The summed E-state index contributed by atoms with van der Waals surface area (Å²) >= 11 is 0. The van der Waals surface area contributed by atoms with Crippen molar-refractivity contribution in [3.05, 3.63) is 48.0 Å². The van der Waals surface area contributed by atoms with Crippen molar-refractivity contribution in [1.82, 2.24) is 19.2 Å². The Balaban J connectivity index is 1.82. The molecule has 21 heavy (non-hydrogen) atoms. The van der Waals surface area contributed by atoms with Crippen molar-refractivity contribution in [1.29, 1.82) is 0 Å². The first-order chi connectivity index (χ1) is 10.2. The van der Waals surface area contributed by atoms with E-state index in [1.807, 2.05) is 19.2 Å². The summed E-state index contributed by atoms with van der Waals surface area (Å²) in [5.74, 6) is -0.618. The molecular formula is C14H15N5O2. The highest BCUT2D eigenvalue weighted by molar-refractivity contribution is 5.92. The number of aryl methyl sites for hydroxylation is 1. The molecule has 0 fully saturated rings. The van der Waals surface area contributed by atoms with E-state index in [0.717, 1.165) is 12.1 Å². The van der Waals surface area contributed by atoms with Crippen molar-refractivity contribution < 1.29 is 9.90 Å². The quantitative estimate of drug-likeness (QED) is 0.740. The number of pyridine rings is 1. The summed E-state index contributed by atoms with van der Waals surface area (Å²) in [5, 5.41) is 16.6. The molecule has 0 aromatic carbocycles. The van der Waals surface area contributed by atoms with E-state index in [2.05, 4.69) is 15.4 Å². The first kappa shape index (κ1) is 13.2. The summed E-state index contributed by atoms with van der Waals surface area (Å²) in [5.41, 5.74) is 1.83. The largest absolute Gasteiger partial charge is 0.476 e. The van der Waals surface area contributed by atoms with E-state index in [1.165, 1.54) is 0 Å². The number of imidazole rings is 1. The van der Waals surface area contributed by atoms with Crippen LogP contribution in [0.1, 0.15) is 16.2 Å². The predicted molar refractivity (Wildman–Crippen MR) is 77.6 cm³/mol. The second-order valence-corrected chi connectivity index (χ2v) is 4.67. The summed E-state index contributed by atoms with van der Waals surface area (Å²) in [4.78, 5) is 15.8. The van der Waals surface area contributed by atoms with Crippen LogP contribution in [0.15, 0.2) is 36.7 Å². The van der Waals surface area contributed by atoms with Gasteiger partial charge in [-0.2, -0.15) is 5.10 Å². The third-order valence-corrected chi connectivity index (χ3v) is 3.33. The molecule has 2 N–H and O–H groups in total. The molecule has 0 spiro atoms. The minimum atomic E-state index is -1.00. The van der Waals surface area contributed by atoms with Crippen molar-refractivity contribution in [3.63, 3.8) is 0 Å². The standard InChI is InChI=1S/C14H15N5O2/c1-18-10(6-8-16-18)5-7-15-13-12(14(20)21)19-9-3-2-4-11(19)17-13/h2-4,6,8-9,15H,5,7H2,1H3,(H,20,21). The number of hydrogen-bond acceptors (Lipinski definition) is 4. The third kappa shape index (κ3) is 2.45. The van der Waals surface area contributed by atoms with Crippen molar-refractivity contribution in [2.75, 3.05) is 11.9 Å². The summed E-state index contributed by atoms with van der Waals surface area (Å²) in [6.07, 6.45) is 4.17. The van der Waals surface area contributed by atoms with E-state index >= 15 is 0 Å². The highest BCUT2D eigenvalue weighted by atomic mass is 16.4. The zero-order chi connectivity index (χ0) is 14.8. The number of nitrogens with one attached hydrogen (secondary N) is 1. The molecule has 0 aliphatic rings. The molecule has 0 bridgehead atoms. The molecule has 3 aromatic rings. The first-order valence-corrected chi connectivity index (χ1v) is 6.58. The average molecular weight is 285 g/mol. The number of carboxylic acids is 1. The zero-order valence-corrected chi connectivity index (χ0v) is 11.5. The number of nitrogens with zero attached hydrogens (tertiary/aromatic N) is 4. The van der Waals surface area contributed by atoms with Gasteiger partial charge in [-0.1, -0.05) is 6.07 Å². The van der Waals surface area contributed by atoms with Crippen LogP contribution in [0.5, 0.6) is 0 Å². The smallest absolute Gasteiger partial charge is 0.356 e. The molecule has 0 amide bonds. The lowest BCUT2D eigenvalue weighted by atomic mass is 10.3. The van der Waals surface area contributed by atoms with Gasteiger partial charge in [-0.25, -0.2) is 9.78 Å². The van der Waals surface area contributed by atoms with Crippen LogP contribution in [0.25, 0.3) is 5.65 Å². The topological polar surface area (TPSA) is 84.5 Å². The van der Waals surface area contributed by atoms with Gasteiger partial charge in [-0.3, -0.25) is 9.08 Å². The molecule has 3 aromatic heterocycles. The average Bonchev–Trinajstić information content (AvgIpc) is 3.02. The number of hydrogen-bond donors (Lipinski definition) is 2. The SMILES string of the molecule is Cn1nccc1CCNc1nc2ccccn2c1C(=O)O. The van der Waals surface area contributed by atoms with E-state index < -0.39 is 5.97 Å². The van der Waals surface area contributed by atoms with Crippen LogP contribution in [0, 0.1) is 0 Å². The van der Waals surface area contributed by atoms with Crippen LogP contribution in [0.4, 0.5) is 5.82 Å². The molecule has 0 saturated heterocycles. The van der Waals surface area contributed by atoms with Crippen molar-refractivity contribution in [3.8, 4) is 0 Å². The number of rotatable bonds is 5. The lowest BCUT2D eigenvalue weighted by Crippen LogP contribution is -2.12. The number of anilines is 1. The normalized spacial score (nSPS) is 10.9. The maximum atomic E-state index is 11.4. The highest BCUT2D eigenvalue weighted by Gasteiger charge is 2.17. The number of carbonyl (C=O) groups is 1. The van der Waals surface area contributed by atoms with Crippen LogP contribution in [0.2, 0.25) is 0 Å². The van der Waals surface area contributed by atoms with Gasteiger partial charge < -0.3 is 10.4 Å². The monoisotopic (exact) mass is 285 g/mol. The Morgan fingerprint density at radius 2 is 2.24 bits per heavy atom. The highest BCUT2D eigenvalue weighted by Crippen LogP contribution is 2.17. The van der Waals surface area contributed by atoms with Crippen LogP contribution < -0.4 is 5.32 Å². The molecule has 0 aliphatic carbocycles. The van der Waals surface area contributed by atoms with Gasteiger partial charge in [0.05, 0.1) is 0 Å². The fraction of sp³-hybridized carbons (Fsp3) is 0.214. The summed E-state index contributed by atoms with van der Waals surface area (Å²) < 4.78 is 3.36. The van der Waals surface area contributed by atoms with E-state index in [1.54, 1.807) is 33.6 Å². The van der Waals surface area contributed by atoms with E-state index in [-0.39, 0.29) is 5.69 Å². The molecule has 7 heteroatoms. The van der Waals surface area contributed by atoms with Gasteiger partial charge in [0.25, 0.3) is 0 Å². The lowest BCUT2D eigenvalue weighted by Gasteiger charge is -2.05. The van der Waals surface area contributed by atoms with E-state index in [9.17, 15) is 9.90 Å². The van der Waals surface area contributed by atoms with Gasteiger partial charge in [0.2, 0.25) is 0 Å². The number of aromatic nitrogens is 4. The fourth-order valence-corrected chi connectivity index (χ4v) is 2.28. The van der Waals surface area contributed by atoms with Gasteiger partial charge in [0, 0.05) is 38.1 Å². The van der Waals surface area contributed by atoms with E-state index in [4.69, 9.17) is 0 Å². The maximum Gasteiger partial charge on any atom is 0.356 e. The second-order valence-electron chi connectivity index (χ2n) is 4.67. The van der Waals surface area contributed by atoms with Crippen LogP contribution in [-0.2, 0) is 13.5 Å². The molecule has 108 valence electrons. The Morgan fingerprint density at radius 3 is 2.95 bits per heavy atom. The number of aromatic carboxylic acids is 1. The Hall–Kier alpha value is -2.83. The Kier molecular flexibility index (Phi) is 3.31. The van der Waals surface area contributed by atoms with Gasteiger partial charge >= 0.3 is 5.97 Å². The third-order valence-electron chi connectivity index (χ3n) is 3.33. The zero-order valence-electron chi connectivity index (χ0n) is 11.5. The summed E-state index contributed by atoms with van der Waals surface area (Å²) in [6.45, 7) is 0.587. The number of carboxylic acid groups (broad SMARTS) is 1. The fourth-order valence-electron chi connectivity index (χ4n) is 2.28. The van der Waals surface area contributed by atoms with Gasteiger partial charge in [-0.15, -0.1) is 0 Å². The molecule has 3 rings (SSSR count). The Bertz CT molecular complexity index is 790. The summed E-state index contributed by atoms with van der Waals surface area (Å²) in [7, 11) is 1.88. The minimum Gasteiger partial charge on any atom is -0.476 e. The molecular weight excluding hydrogens is 270 g/mol. The van der Waals surface area contributed by atoms with E-state index in [0.29, 0.717) is 18.0 Å². The molecule has 7 nitrogen and oxygen atoms in total. The molecule has 0 unspecified atom stereocenters. The molecule has 0 atom stereocenters. The first-order valence-electron chi connectivity index (χ1n) is 6.58. The predicted octanol–water partition coefficient (Wildman–Crippen LogP) is 1.42. The maximum absolute atomic E-state index is 11.4. The lowest BCUT2D eigenvalue weighted by molar-refractivity contribution is 0.0690. The van der Waals surface area contributed by atoms with Crippen LogP contribution in [0.3, 0.4) is 0 Å². The number of fused-ring (bicyclic) bond motifs is 1. The molecule has 0 saturated carbocycles. The van der Waals surface area contributed by atoms with Crippen LogP contribution in [-0.4, -0.2) is 36.8 Å². The van der Waals surface area contributed by atoms with Crippen LogP contribution >= 0.6 is 0 Å². The van der Waals surface area contributed by atoms with Gasteiger partial charge in [0.15, 0.2) is 11.5 Å². The van der Waals surface area contributed by atoms with Crippen molar-refractivity contribution >= 4 is 17.4 Å². The van der Waals surface area contributed by atoms with Crippen molar-refractivity contribution in [2.24, 2.45) is 7.05 Å². The Labute approximate surface area is 120 Å². The second kappa shape index (κ2) is 5.28. The molecule has 0 aliphatic heterocycles. The van der Waals surface area contributed by atoms with Crippen molar-refractivity contribution in [2.45, 2.75) is 6.42 Å².